The second kappa shape index (κ2) is 7.31. The Bertz CT molecular complexity index is 1080. The number of fused-ring (bicyclic) bond motifs is 1. The number of nitrogens with zero attached hydrogens (tertiary/aromatic N) is 3. The quantitative estimate of drug-likeness (QED) is 0.633. The number of imide groups is 1. The van der Waals surface area contributed by atoms with Crippen LogP contribution in [0, 0.1) is 0 Å². The van der Waals surface area contributed by atoms with Crippen LogP contribution in [0.5, 0.6) is 0 Å². The largest absolute Gasteiger partial charge is 0.299 e. The van der Waals surface area contributed by atoms with E-state index < -0.39 is 24.3 Å². The number of anilines is 1. The lowest BCUT2D eigenvalue weighted by Crippen LogP contribution is -2.37. The predicted octanol–water partition coefficient (Wildman–Crippen LogP) is 3.75. The molecule has 3 amide bonds. The molecule has 1 aliphatic heterocycles. The zero-order valence-electron chi connectivity index (χ0n) is 14.0. The molecule has 140 valence electrons. The minimum absolute atomic E-state index is 0.120. The fraction of sp³-hybridized carbons (Fsp3) is 0.0556. The van der Waals surface area contributed by atoms with Gasteiger partial charge in [0.15, 0.2) is 0 Å². The van der Waals surface area contributed by atoms with E-state index in [1.165, 1.54) is 23.5 Å². The molecule has 7 nitrogen and oxygen atoms in total. The van der Waals surface area contributed by atoms with Crippen molar-refractivity contribution in [3.05, 3.63) is 63.6 Å². The molecule has 2 aromatic carbocycles. The summed E-state index contributed by atoms with van der Waals surface area (Å²) in [6.07, 6.45) is 0. The van der Waals surface area contributed by atoms with E-state index in [4.69, 9.17) is 23.2 Å². The molecule has 0 aliphatic carbocycles. The topological polar surface area (TPSA) is 92.3 Å². The number of carbonyl (C=O) groups is 3. The number of halogens is 2. The van der Waals surface area contributed by atoms with Crippen molar-refractivity contribution in [1.29, 1.82) is 0 Å². The van der Waals surface area contributed by atoms with Crippen molar-refractivity contribution in [2.45, 2.75) is 0 Å². The van der Waals surface area contributed by atoms with Gasteiger partial charge in [-0.05, 0) is 12.1 Å². The van der Waals surface area contributed by atoms with Gasteiger partial charge < -0.3 is 0 Å². The molecule has 0 saturated heterocycles. The highest BCUT2D eigenvalue weighted by atomic mass is 35.5. The summed E-state index contributed by atoms with van der Waals surface area (Å²) in [5.74, 6) is -1.77. The Kier molecular flexibility index (Phi) is 4.84. The number of carbonyl (C=O) groups excluding carboxylic acids is 3. The lowest BCUT2D eigenvalue weighted by Gasteiger charge is -2.12. The zero-order chi connectivity index (χ0) is 19.8. The molecule has 0 unspecified atom stereocenters. The zero-order valence-corrected chi connectivity index (χ0v) is 16.3. The molecule has 0 fully saturated rings. The molecule has 0 atom stereocenters. The number of benzene rings is 2. The number of nitrogens with one attached hydrogen (secondary N) is 1. The number of hydrogen-bond donors (Lipinski definition) is 1. The standard InChI is InChI=1S/C18H10Cl2N4O3S/c19-12-6-10-11(7-13(12)20)17(27)24(16(10)26)8-14(25)21-18-23-22-15(28-18)9-4-2-1-3-5-9/h1-7H,8H2,(H,21,23,25). The highest BCUT2D eigenvalue weighted by molar-refractivity contribution is 7.18. The first-order valence-corrected chi connectivity index (χ1v) is 9.55. The van der Waals surface area contributed by atoms with E-state index in [0.717, 1.165) is 10.5 Å². The van der Waals surface area contributed by atoms with E-state index in [9.17, 15) is 14.4 Å². The first-order valence-electron chi connectivity index (χ1n) is 7.98. The second-order valence-electron chi connectivity index (χ2n) is 5.83. The molecule has 0 radical (unpaired) electrons. The van der Waals surface area contributed by atoms with Gasteiger partial charge in [0.2, 0.25) is 11.0 Å². The first-order chi connectivity index (χ1) is 13.4. The average molecular weight is 433 g/mol. The van der Waals surface area contributed by atoms with E-state index in [2.05, 4.69) is 15.5 Å². The molecule has 3 aromatic rings. The summed E-state index contributed by atoms with van der Waals surface area (Å²) in [6, 6.07) is 12.0. The third-order valence-corrected chi connectivity index (χ3v) is 5.62. The van der Waals surface area contributed by atoms with Crippen LogP contribution >= 0.6 is 34.5 Å². The van der Waals surface area contributed by atoms with Crippen LogP contribution in [0.15, 0.2) is 42.5 Å². The summed E-state index contributed by atoms with van der Waals surface area (Å²) in [5.41, 5.74) is 1.11. The van der Waals surface area contributed by atoms with Crippen LogP contribution in [-0.4, -0.2) is 39.4 Å². The van der Waals surface area contributed by atoms with Crippen molar-refractivity contribution in [2.75, 3.05) is 11.9 Å². The molecular formula is C18H10Cl2N4O3S. The Morgan fingerprint density at radius 3 is 2.21 bits per heavy atom. The van der Waals surface area contributed by atoms with Crippen LogP contribution in [0.3, 0.4) is 0 Å². The SMILES string of the molecule is O=C(CN1C(=O)c2cc(Cl)c(Cl)cc2C1=O)Nc1nnc(-c2ccccc2)s1. The Hall–Kier alpha value is -2.81. The Labute approximate surface area is 172 Å². The minimum Gasteiger partial charge on any atom is -0.299 e. The Morgan fingerprint density at radius 2 is 1.61 bits per heavy atom. The Balaban J connectivity index is 1.47. The molecule has 1 aliphatic rings. The van der Waals surface area contributed by atoms with Gasteiger partial charge in [-0.2, -0.15) is 0 Å². The molecule has 28 heavy (non-hydrogen) atoms. The fourth-order valence-electron chi connectivity index (χ4n) is 2.70. The summed E-state index contributed by atoms with van der Waals surface area (Å²) in [4.78, 5) is 38.1. The van der Waals surface area contributed by atoms with Crippen molar-refractivity contribution < 1.29 is 14.4 Å². The van der Waals surface area contributed by atoms with Gasteiger partial charge in [0.25, 0.3) is 11.8 Å². The first kappa shape index (κ1) is 18.5. The summed E-state index contributed by atoms with van der Waals surface area (Å²) < 4.78 is 0. The van der Waals surface area contributed by atoms with E-state index in [0.29, 0.717) is 5.01 Å². The molecule has 0 bridgehead atoms. The van der Waals surface area contributed by atoms with Gasteiger partial charge >= 0.3 is 0 Å². The number of rotatable bonds is 4. The highest BCUT2D eigenvalue weighted by Gasteiger charge is 2.37. The highest BCUT2D eigenvalue weighted by Crippen LogP contribution is 2.31. The predicted molar refractivity (Wildman–Crippen MR) is 106 cm³/mol. The van der Waals surface area contributed by atoms with Crippen molar-refractivity contribution in [3.8, 4) is 10.6 Å². The monoisotopic (exact) mass is 432 g/mol. The smallest absolute Gasteiger partial charge is 0.262 e. The van der Waals surface area contributed by atoms with Crippen molar-refractivity contribution in [2.24, 2.45) is 0 Å². The fourth-order valence-corrected chi connectivity index (χ4v) is 3.79. The van der Waals surface area contributed by atoms with E-state index >= 15 is 0 Å². The van der Waals surface area contributed by atoms with Gasteiger partial charge in [0.1, 0.15) is 11.6 Å². The maximum atomic E-state index is 12.4. The third-order valence-electron chi connectivity index (χ3n) is 4.01. The van der Waals surface area contributed by atoms with Gasteiger partial charge in [-0.1, -0.05) is 64.9 Å². The van der Waals surface area contributed by atoms with Gasteiger partial charge in [-0.25, -0.2) is 0 Å². The maximum absolute atomic E-state index is 12.4. The summed E-state index contributed by atoms with van der Waals surface area (Å²) in [6.45, 7) is -0.457. The van der Waals surface area contributed by atoms with Gasteiger partial charge in [-0.3, -0.25) is 24.6 Å². The molecule has 0 saturated carbocycles. The summed E-state index contributed by atoms with van der Waals surface area (Å²) >= 11 is 13.0. The van der Waals surface area contributed by atoms with Crippen molar-refractivity contribution in [3.63, 3.8) is 0 Å². The molecule has 2 heterocycles. The molecule has 1 N–H and O–H groups in total. The van der Waals surface area contributed by atoms with Crippen molar-refractivity contribution in [1.82, 2.24) is 15.1 Å². The van der Waals surface area contributed by atoms with Crippen LogP contribution in [0.25, 0.3) is 10.6 Å². The van der Waals surface area contributed by atoms with Crippen LogP contribution in [0.2, 0.25) is 10.0 Å². The van der Waals surface area contributed by atoms with E-state index in [1.54, 1.807) is 0 Å². The van der Waals surface area contributed by atoms with Crippen LogP contribution < -0.4 is 5.32 Å². The molecule has 1 aromatic heterocycles. The van der Waals surface area contributed by atoms with Crippen molar-refractivity contribution >= 4 is 57.4 Å². The van der Waals surface area contributed by atoms with Gasteiger partial charge in [0, 0.05) is 5.56 Å². The molecule has 10 heteroatoms. The second-order valence-corrected chi connectivity index (χ2v) is 7.63. The van der Waals surface area contributed by atoms with E-state index in [-0.39, 0.29) is 26.3 Å². The number of aromatic nitrogens is 2. The lowest BCUT2D eigenvalue weighted by molar-refractivity contribution is -0.116. The van der Waals surface area contributed by atoms with Gasteiger partial charge in [-0.15, -0.1) is 10.2 Å². The lowest BCUT2D eigenvalue weighted by atomic mass is 10.1. The van der Waals surface area contributed by atoms with Gasteiger partial charge in [0.05, 0.1) is 21.2 Å². The molecule has 4 rings (SSSR count). The van der Waals surface area contributed by atoms with Crippen LogP contribution in [0.4, 0.5) is 5.13 Å². The number of hydrogen-bond acceptors (Lipinski definition) is 6. The maximum Gasteiger partial charge on any atom is 0.262 e. The van der Waals surface area contributed by atoms with Crippen LogP contribution in [-0.2, 0) is 4.79 Å². The van der Waals surface area contributed by atoms with E-state index in [1.807, 2.05) is 30.3 Å². The third kappa shape index (κ3) is 3.37. The summed E-state index contributed by atoms with van der Waals surface area (Å²) in [5, 5.41) is 11.7. The molecule has 0 spiro atoms. The Morgan fingerprint density at radius 1 is 1.00 bits per heavy atom. The normalized spacial score (nSPS) is 13.0. The average Bonchev–Trinajstić information content (AvgIpc) is 3.23. The number of amides is 3. The van der Waals surface area contributed by atoms with Crippen LogP contribution in [0.1, 0.15) is 20.7 Å². The summed E-state index contributed by atoms with van der Waals surface area (Å²) in [7, 11) is 0. The molecular weight excluding hydrogens is 423 g/mol. The minimum atomic E-state index is -0.601.